The van der Waals surface area contributed by atoms with Crippen LogP contribution >= 0.6 is 11.6 Å². The van der Waals surface area contributed by atoms with E-state index in [9.17, 15) is 4.79 Å². The zero-order valence-electron chi connectivity index (χ0n) is 29.8. The van der Waals surface area contributed by atoms with Crippen molar-refractivity contribution >= 4 is 36.8 Å². The quantitative estimate of drug-likeness (QED) is 0.123. The summed E-state index contributed by atoms with van der Waals surface area (Å²) in [5.41, 5.74) is 6.46. The third kappa shape index (κ3) is 7.68. The van der Waals surface area contributed by atoms with Gasteiger partial charge in [-0.2, -0.15) is 5.10 Å². The van der Waals surface area contributed by atoms with Crippen molar-refractivity contribution in [2.24, 2.45) is 7.05 Å². The Morgan fingerprint density at radius 1 is 1.11 bits per heavy atom. The lowest BCUT2D eigenvalue weighted by Gasteiger charge is -2.36. The molecule has 1 fully saturated rings. The van der Waals surface area contributed by atoms with Crippen LogP contribution in [-0.2, 0) is 38.6 Å². The predicted octanol–water partition coefficient (Wildman–Crippen LogP) is 7.71. The van der Waals surface area contributed by atoms with Gasteiger partial charge in [-0.3, -0.25) is 9.58 Å². The maximum Gasteiger partial charge on any atom is 0.355 e. The molecule has 2 aliphatic rings. The summed E-state index contributed by atoms with van der Waals surface area (Å²) in [5, 5.41) is 6.90. The van der Waals surface area contributed by atoms with E-state index in [2.05, 4.69) is 56.3 Å². The van der Waals surface area contributed by atoms with Crippen LogP contribution in [0, 0.1) is 6.92 Å². The molecule has 11 heteroatoms. The maximum absolute atomic E-state index is 13.8. The first-order chi connectivity index (χ1) is 22.4. The molecule has 0 bridgehead atoms. The second-order valence-corrected chi connectivity index (χ2v) is 19.7. The zero-order chi connectivity index (χ0) is 33.9. The van der Waals surface area contributed by atoms with Gasteiger partial charge >= 0.3 is 5.97 Å². The fourth-order valence-electron chi connectivity index (χ4n) is 6.62. The molecule has 2 aromatic heterocycles. The van der Waals surface area contributed by atoms with Crippen molar-refractivity contribution in [2.45, 2.75) is 97.5 Å². The molecule has 0 radical (unpaired) electrons. The highest BCUT2D eigenvalue weighted by molar-refractivity contribution is 6.74. The number of aromatic nitrogens is 3. The van der Waals surface area contributed by atoms with Crippen molar-refractivity contribution in [1.29, 1.82) is 0 Å². The van der Waals surface area contributed by atoms with E-state index in [1.165, 1.54) is 0 Å². The second kappa shape index (κ2) is 15.1. The highest BCUT2D eigenvalue weighted by atomic mass is 35.5. The van der Waals surface area contributed by atoms with Crippen LogP contribution in [0.5, 0.6) is 0 Å². The van der Waals surface area contributed by atoms with E-state index in [-0.39, 0.29) is 17.1 Å². The minimum Gasteiger partial charge on any atom is -0.461 e. The molecule has 0 saturated carbocycles. The molecule has 47 heavy (non-hydrogen) atoms. The fraction of sp³-hybridized carbons (Fsp3) is 0.667. The summed E-state index contributed by atoms with van der Waals surface area (Å²) >= 11 is 7.20. The van der Waals surface area contributed by atoms with E-state index in [4.69, 9.17) is 35.3 Å². The first-order valence-electron chi connectivity index (χ1n) is 17.5. The minimum absolute atomic E-state index is 0.138. The van der Waals surface area contributed by atoms with Gasteiger partial charge in [0, 0.05) is 68.6 Å². The first-order valence-corrected chi connectivity index (χ1v) is 20.7. The summed E-state index contributed by atoms with van der Waals surface area (Å²) in [7, 11) is 0.0890. The van der Waals surface area contributed by atoms with Gasteiger partial charge in [-0.05, 0) is 75.7 Å². The Hall–Kier alpha value is -2.21. The second-order valence-electron chi connectivity index (χ2n) is 14.5. The number of rotatable bonds is 10. The SMILES string of the molecule is CCOC(=O)c1c(CCCO[Si](C)(C)C(C)(C)C)c2ccc(Cl)c3c2n1CCCCOC(CCN1CCOCC1)c1nn(C)c(C)c1-3. The fourth-order valence-corrected chi connectivity index (χ4v) is 7.96. The van der Waals surface area contributed by atoms with Gasteiger partial charge in [-0.25, -0.2) is 4.79 Å². The van der Waals surface area contributed by atoms with Gasteiger partial charge in [-0.1, -0.05) is 38.4 Å². The number of ether oxygens (including phenoxy) is 3. The molecule has 0 N–H and O–H groups in total. The Bertz CT molecular complexity index is 1550. The summed E-state index contributed by atoms with van der Waals surface area (Å²) in [6, 6.07) is 4.06. The Morgan fingerprint density at radius 3 is 2.55 bits per heavy atom. The molecule has 9 nitrogen and oxygen atoms in total. The lowest BCUT2D eigenvalue weighted by molar-refractivity contribution is 0.00973. The van der Waals surface area contributed by atoms with E-state index < -0.39 is 8.32 Å². The van der Waals surface area contributed by atoms with Crippen LogP contribution in [0.2, 0.25) is 23.2 Å². The number of aryl methyl sites for hydroxylation is 3. The van der Waals surface area contributed by atoms with Gasteiger partial charge in [0.25, 0.3) is 0 Å². The Morgan fingerprint density at radius 2 is 1.85 bits per heavy atom. The Labute approximate surface area is 286 Å². The maximum atomic E-state index is 13.8. The van der Waals surface area contributed by atoms with E-state index in [1.807, 2.05) is 24.7 Å². The molecule has 1 unspecified atom stereocenters. The van der Waals surface area contributed by atoms with Gasteiger partial charge in [-0.15, -0.1) is 0 Å². The summed E-state index contributed by atoms with van der Waals surface area (Å²) in [4.78, 5) is 16.3. The Balaban J connectivity index is 1.63. The molecule has 0 amide bonds. The summed E-state index contributed by atoms with van der Waals surface area (Å²) in [5.74, 6) is -0.288. The van der Waals surface area contributed by atoms with Crippen LogP contribution in [0.4, 0.5) is 0 Å². The largest absolute Gasteiger partial charge is 0.461 e. The number of halogens is 1. The predicted molar refractivity (Wildman–Crippen MR) is 191 cm³/mol. The first kappa shape index (κ1) is 36.1. The number of morpholine rings is 1. The molecule has 4 heterocycles. The number of nitrogens with zero attached hydrogens (tertiary/aromatic N) is 4. The molecule has 1 aromatic carbocycles. The highest BCUT2D eigenvalue weighted by Gasteiger charge is 2.37. The van der Waals surface area contributed by atoms with Crippen LogP contribution in [0.3, 0.4) is 0 Å². The summed E-state index contributed by atoms with van der Waals surface area (Å²) in [6.07, 6.45) is 3.88. The molecular formula is C36H55ClN4O5Si. The number of benzene rings is 1. The lowest BCUT2D eigenvalue weighted by atomic mass is 9.95. The van der Waals surface area contributed by atoms with Crippen molar-refractivity contribution in [2.75, 3.05) is 52.7 Å². The highest BCUT2D eigenvalue weighted by Crippen LogP contribution is 2.45. The monoisotopic (exact) mass is 686 g/mol. The number of fused-ring (bicyclic) bond motifs is 2. The van der Waals surface area contributed by atoms with Crippen molar-refractivity contribution in [3.8, 4) is 11.1 Å². The topological polar surface area (TPSA) is 80.0 Å². The standard InChI is InChI=1S/C36H55ClN4O5Si/c1-9-44-35(42)34-26(13-12-22-46-47(7,8)36(3,4)5)27-14-15-28(37)31-30-25(2)39(6)38-32(30)29(16-18-40-19-23-43-24-20-40)45-21-11-10-17-41(34)33(27)31/h14-15,29H,9-13,16-24H2,1-8H3. The van der Waals surface area contributed by atoms with Crippen molar-refractivity contribution in [1.82, 2.24) is 19.2 Å². The van der Waals surface area contributed by atoms with Crippen LogP contribution in [0.15, 0.2) is 12.1 Å². The molecule has 0 spiro atoms. The van der Waals surface area contributed by atoms with Gasteiger partial charge in [0.1, 0.15) is 11.8 Å². The summed E-state index contributed by atoms with van der Waals surface area (Å²) in [6.45, 7) is 21.9. The van der Waals surface area contributed by atoms with E-state index in [1.54, 1.807) is 0 Å². The van der Waals surface area contributed by atoms with E-state index in [0.29, 0.717) is 43.5 Å². The van der Waals surface area contributed by atoms with Gasteiger partial charge in [0.15, 0.2) is 8.32 Å². The molecule has 2 aliphatic heterocycles. The number of carbonyl (C=O) groups is 1. The molecule has 5 rings (SSSR count). The summed E-state index contributed by atoms with van der Waals surface area (Å²) < 4.78 is 28.6. The van der Waals surface area contributed by atoms with Gasteiger partial charge < -0.3 is 23.2 Å². The third-order valence-electron chi connectivity index (χ3n) is 10.4. The van der Waals surface area contributed by atoms with Crippen LogP contribution < -0.4 is 0 Å². The van der Waals surface area contributed by atoms with Crippen molar-refractivity contribution in [3.05, 3.63) is 39.8 Å². The number of hydrogen-bond donors (Lipinski definition) is 0. The molecule has 1 atom stereocenters. The zero-order valence-corrected chi connectivity index (χ0v) is 31.6. The number of esters is 1. The normalized spacial score (nSPS) is 18.3. The van der Waals surface area contributed by atoms with Gasteiger partial charge in [0.2, 0.25) is 0 Å². The van der Waals surface area contributed by atoms with Crippen LogP contribution in [-0.4, -0.2) is 86.2 Å². The Kier molecular flexibility index (Phi) is 11.6. The van der Waals surface area contributed by atoms with Crippen LogP contribution in [0.1, 0.15) is 86.9 Å². The van der Waals surface area contributed by atoms with Gasteiger partial charge in [0.05, 0.1) is 36.1 Å². The molecular weight excluding hydrogens is 632 g/mol. The lowest BCUT2D eigenvalue weighted by Crippen LogP contribution is -2.41. The average molecular weight is 687 g/mol. The third-order valence-corrected chi connectivity index (χ3v) is 15.3. The molecule has 1 saturated heterocycles. The molecule has 0 aliphatic carbocycles. The smallest absolute Gasteiger partial charge is 0.355 e. The average Bonchev–Trinajstić information content (AvgIpc) is 3.48. The molecule has 3 aromatic rings. The van der Waals surface area contributed by atoms with E-state index in [0.717, 1.165) is 97.5 Å². The number of hydrogen-bond acceptors (Lipinski definition) is 7. The van der Waals surface area contributed by atoms with E-state index >= 15 is 0 Å². The molecule has 260 valence electrons. The minimum atomic E-state index is -1.90. The van der Waals surface area contributed by atoms with Crippen molar-refractivity contribution in [3.63, 3.8) is 0 Å². The number of carbonyl (C=O) groups excluding carboxylic acids is 1. The van der Waals surface area contributed by atoms with Crippen LogP contribution in [0.25, 0.3) is 22.0 Å². The van der Waals surface area contributed by atoms with Crippen molar-refractivity contribution < 1.29 is 23.4 Å².